The van der Waals surface area contributed by atoms with Crippen LogP contribution in [0.3, 0.4) is 0 Å². The highest BCUT2D eigenvalue weighted by molar-refractivity contribution is 7.80. The van der Waals surface area contributed by atoms with Crippen LogP contribution in [0.2, 0.25) is 0 Å². The Hall–Kier alpha value is -0.190. The lowest BCUT2D eigenvalue weighted by Gasteiger charge is -2.19. The predicted molar refractivity (Wildman–Crippen MR) is 55.1 cm³/mol. The van der Waals surface area contributed by atoms with Crippen LogP contribution in [0, 0.1) is 5.92 Å². The lowest BCUT2D eigenvalue weighted by molar-refractivity contribution is 0.193. The summed E-state index contributed by atoms with van der Waals surface area (Å²) in [5, 5.41) is 8.78. The maximum absolute atomic E-state index is 8.78. The molecular weight excluding hydrogens is 172 g/mol. The van der Waals surface area contributed by atoms with Crippen molar-refractivity contribution in [1.82, 2.24) is 4.90 Å². The summed E-state index contributed by atoms with van der Waals surface area (Å²) in [4.78, 5) is 2.68. The van der Waals surface area contributed by atoms with Crippen LogP contribution < -0.4 is 5.73 Å². The summed E-state index contributed by atoms with van der Waals surface area (Å²) in [5.41, 5.74) is 5.36. The molecule has 1 atom stereocenters. The van der Waals surface area contributed by atoms with E-state index in [1.807, 2.05) is 14.0 Å². The zero-order valence-corrected chi connectivity index (χ0v) is 8.60. The van der Waals surface area contributed by atoms with E-state index in [1.54, 1.807) is 0 Å². The lowest BCUT2D eigenvalue weighted by Crippen LogP contribution is -2.29. The summed E-state index contributed by atoms with van der Waals surface area (Å²) in [6.45, 7) is 4.01. The summed E-state index contributed by atoms with van der Waals surface area (Å²) < 4.78 is 0. The number of rotatable bonds is 6. The molecule has 1 unspecified atom stereocenters. The van der Waals surface area contributed by atoms with Crippen molar-refractivity contribution in [2.24, 2.45) is 11.7 Å². The van der Waals surface area contributed by atoms with Gasteiger partial charge in [0.15, 0.2) is 0 Å². The van der Waals surface area contributed by atoms with Crippen molar-refractivity contribution in [2.75, 3.05) is 26.7 Å². The van der Waals surface area contributed by atoms with Crippen LogP contribution in [0.25, 0.3) is 0 Å². The van der Waals surface area contributed by atoms with Crippen molar-refractivity contribution in [3.8, 4) is 0 Å². The molecule has 0 spiro atoms. The van der Waals surface area contributed by atoms with Gasteiger partial charge in [-0.15, -0.1) is 0 Å². The predicted octanol–water partition coefficient (Wildman–Crippen LogP) is 0.223. The van der Waals surface area contributed by atoms with Crippen LogP contribution in [0.5, 0.6) is 0 Å². The molecule has 0 saturated heterocycles. The molecule has 0 aromatic heterocycles. The SMILES string of the molecule is CC(CO)CN(C)CCC(N)=S. The molecule has 3 N–H and O–H groups in total. The van der Waals surface area contributed by atoms with Gasteiger partial charge in [0.25, 0.3) is 0 Å². The molecule has 3 nitrogen and oxygen atoms in total. The van der Waals surface area contributed by atoms with Gasteiger partial charge < -0.3 is 15.7 Å². The Labute approximate surface area is 79.5 Å². The van der Waals surface area contributed by atoms with Crippen molar-refractivity contribution < 1.29 is 5.11 Å². The standard InChI is InChI=1S/C8H18N2OS/c1-7(6-11)5-10(2)4-3-8(9)12/h7,11H,3-6H2,1-2H3,(H2,9,12). The van der Waals surface area contributed by atoms with E-state index in [0.717, 1.165) is 19.5 Å². The average molecular weight is 190 g/mol. The molecule has 0 bridgehead atoms. The Morgan fingerprint density at radius 3 is 2.67 bits per heavy atom. The van der Waals surface area contributed by atoms with E-state index in [1.165, 1.54) is 0 Å². The van der Waals surface area contributed by atoms with Gasteiger partial charge in [-0.2, -0.15) is 0 Å². The summed E-state index contributed by atoms with van der Waals surface area (Å²) in [5.74, 6) is 0.321. The quantitative estimate of drug-likeness (QED) is 0.588. The maximum atomic E-state index is 8.78. The number of aliphatic hydroxyl groups is 1. The van der Waals surface area contributed by atoms with E-state index in [4.69, 9.17) is 23.1 Å². The molecule has 0 aliphatic carbocycles. The first-order valence-electron chi connectivity index (χ1n) is 4.14. The van der Waals surface area contributed by atoms with Gasteiger partial charge in [0.05, 0.1) is 4.99 Å². The topological polar surface area (TPSA) is 49.5 Å². The molecule has 0 amide bonds. The fourth-order valence-corrected chi connectivity index (χ4v) is 1.07. The number of hydrogen-bond acceptors (Lipinski definition) is 3. The molecule has 0 aliphatic rings. The smallest absolute Gasteiger partial charge is 0.0740 e. The van der Waals surface area contributed by atoms with Gasteiger partial charge in [-0.25, -0.2) is 0 Å². The van der Waals surface area contributed by atoms with Crippen LogP contribution in [-0.2, 0) is 0 Å². The van der Waals surface area contributed by atoms with Crippen molar-refractivity contribution in [1.29, 1.82) is 0 Å². The van der Waals surface area contributed by atoms with Gasteiger partial charge in [-0.05, 0) is 13.0 Å². The van der Waals surface area contributed by atoms with E-state index >= 15 is 0 Å². The molecule has 0 radical (unpaired) electrons. The molecule has 4 heteroatoms. The van der Waals surface area contributed by atoms with E-state index in [2.05, 4.69) is 4.90 Å². The summed E-state index contributed by atoms with van der Waals surface area (Å²) in [6, 6.07) is 0. The minimum Gasteiger partial charge on any atom is -0.396 e. The monoisotopic (exact) mass is 190 g/mol. The Balaban J connectivity index is 3.45. The molecule has 72 valence electrons. The van der Waals surface area contributed by atoms with Crippen LogP contribution in [0.4, 0.5) is 0 Å². The van der Waals surface area contributed by atoms with Crippen LogP contribution in [0.1, 0.15) is 13.3 Å². The minimum absolute atomic E-state index is 0.234. The van der Waals surface area contributed by atoms with E-state index in [0.29, 0.717) is 10.9 Å². The summed E-state index contributed by atoms with van der Waals surface area (Å²) in [7, 11) is 2.00. The van der Waals surface area contributed by atoms with Crippen LogP contribution in [-0.4, -0.2) is 41.7 Å². The fraction of sp³-hybridized carbons (Fsp3) is 0.875. The highest BCUT2D eigenvalue weighted by Crippen LogP contribution is 1.97. The molecule has 0 fully saturated rings. The van der Waals surface area contributed by atoms with E-state index < -0.39 is 0 Å². The number of nitrogens with zero attached hydrogens (tertiary/aromatic N) is 1. The first-order chi connectivity index (χ1) is 5.56. The van der Waals surface area contributed by atoms with Gasteiger partial charge >= 0.3 is 0 Å². The fourth-order valence-electron chi connectivity index (χ4n) is 0.982. The van der Waals surface area contributed by atoms with E-state index in [-0.39, 0.29) is 6.61 Å². The second-order valence-electron chi connectivity index (χ2n) is 3.27. The third-order valence-electron chi connectivity index (χ3n) is 1.67. The van der Waals surface area contributed by atoms with Crippen LogP contribution >= 0.6 is 12.2 Å². The normalized spacial score (nSPS) is 13.3. The van der Waals surface area contributed by atoms with Gasteiger partial charge in [0.2, 0.25) is 0 Å². The average Bonchev–Trinajstić information content (AvgIpc) is 2.00. The molecule has 0 aromatic carbocycles. The summed E-state index contributed by atoms with van der Waals surface area (Å²) >= 11 is 4.76. The number of hydrogen-bond donors (Lipinski definition) is 2. The molecule has 0 saturated carbocycles. The third kappa shape index (κ3) is 6.52. The van der Waals surface area contributed by atoms with Gasteiger partial charge in [-0.1, -0.05) is 19.1 Å². The Bertz CT molecular complexity index is 141. The van der Waals surface area contributed by atoms with E-state index in [9.17, 15) is 0 Å². The zero-order valence-electron chi connectivity index (χ0n) is 7.79. The lowest BCUT2D eigenvalue weighted by atomic mass is 10.2. The second kappa shape index (κ2) is 6.34. The third-order valence-corrected chi connectivity index (χ3v) is 1.88. The number of nitrogens with two attached hydrogens (primary N) is 1. The molecule has 12 heavy (non-hydrogen) atoms. The number of aliphatic hydroxyl groups excluding tert-OH is 1. The Kier molecular flexibility index (Phi) is 6.24. The first-order valence-corrected chi connectivity index (χ1v) is 4.54. The number of thiocarbonyl (C=S) groups is 1. The molecule has 0 aliphatic heterocycles. The zero-order chi connectivity index (χ0) is 9.56. The molecule has 0 heterocycles. The van der Waals surface area contributed by atoms with Crippen molar-refractivity contribution in [2.45, 2.75) is 13.3 Å². The second-order valence-corrected chi connectivity index (χ2v) is 3.79. The Morgan fingerprint density at radius 1 is 1.67 bits per heavy atom. The van der Waals surface area contributed by atoms with Gasteiger partial charge in [0, 0.05) is 26.1 Å². The van der Waals surface area contributed by atoms with Gasteiger partial charge in [0.1, 0.15) is 0 Å². The minimum atomic E-state index is 0.234. The Morgan fingerprint density at radius 2 is 2.25 bits per heavy atom. The van der Waals surface area contributed by atoms with Crippen molar-refractivity contribution in [3.63, 3.8) is 0 Å². The van der Waals surface area contributed by atoms with Crippen LogP contribution in [0.15, 0.2) is 0 Å². The maximum Gasteiger partial charge on any atom is 0.0740 e. The molecule has 0 rings (SSSR count). The highest BCUT2D eigenvalue weighted by Gasteiger charge is 2.04. The highest BCUT2D eigenvalue weighted by atomic mass is 32.1. The molecular formula is C8H18N2OS. The first kappa shape index (κ1) is 11.8. The largest absolute Gasteiger partial charge is 0.396 e. The van der Waals surface area contributed by atoms with Crippen molar-refractivity contribution in [3.05, 3.63) is 0 Å². The molecule has 0 aromatic rings. The van der Waals surface area contributed by atoms with Crippen molar-refractivity contribution >= 4 is 17.2 Å². The summed E-state index contributed by atoms with van der Waals surface area (Å²) in [6.07, 6.45) is 0.754. The van der Waals surface area contributed by atoms with Gasteiger partial charge in [-0.3, -0.25) is 0 Å².